The molecule has 1 saturated carbocycles. The molecule has 0 unspecified atom stereocenters. The van der Waals surface area contributed by atoms with Gasteiger partial charge in [-0.3, -0.25) is 19.3 Å². The van der Waals surface area contributed by atoms with Crippen LogP contribution in [0.25, 0.3) is 10.9 Å². The molecule has 1 saturated heterocycles. The first kappa shape index (κ1) is 39.5. The molecule has 2 aromatic carbocycles. The molecule has 11 nitrogen and oxygen atoms in total. The highest BCUT2D eigenvalue weighted by Crippen LogP contribution is 2.39. The Bertz CT molecular complexity index is 1850. The Hall–Kier alpha value is -3.74. The molecule has 3 amide bonds. The standard InChI is InChI=1S/C40H57N5O6S/c1-39(2,3)43-37(48)33-22-27-17-11-12-19-29(27)24-45(33)25-34(46)30(21-26-15-9-8-10-16-26)41-38(49)35(40(4,5)52(7,50)51)42-36(47)32-23-28-18-13-14-20-31(28)44(32)6/h8-10,13-16,18,20,23,27,29-30,33-35,46H,11-12,17,19,21-22,24-25H2,1-7H3,(H,41,49)(H,42,47)(H,43,48)/t27-,29+,30-,33-,34+,35+/m0/s1. The molecule has 12 heteroatoms. The first-order chi connectivity index (χ1) is 24.4. The molecule has 2 fully saturated rings. The Labute approximate surface area is 308 Å². The van der Waals surface area contributed by atoms with E-state index >= 15 is 0 Å². The average Bonchev–Trinajstić information content (AvgIpc) is 3.41. The molecule has 0 radical (unpaired) electrons. The summed E-state index contributed by atoms with van der Waals surface area (Å²) in [6.07, 6.45) is 5.35. The molecule has 1 aliphatic carbocycles. The molecule has 2 aliphatic rings. The number of fused-ring (bicyclic) bond motifs is 2. The molecule has 1 aliphatic heterocycles. The quantitative estimate of drug-likeness (QED) is 0.220. The lowest BCUT2D eigenvalue weighted by molar-refractivity contribution is -0.133. The van der Waals surface area contributed by atoms with Crippen molar-refractivity contribution in [2.45, 2.75) is 108 Å². The first-order valence-corrected chi connectivity index (χ1v) is 20.4. The Morgan fingerprint density at radius 2 is 1.56 bits per heavy atom. The second-order valence-electron chi connectivity index (χ2n) is 16.6. The zero-order chi connectivity index (χ0) is 38.0. The molecule has 0 bridgehead atoms. The average molecular weight is 736 g/mol. The van der Waals surface area contributed by atoms with Gasteiger partial charge >= 0.3 is 0 Å². The maximum absolute atomic E-state index is 14.4. The van der Waals surface area contributed by atoms with E-state index in [1.165, 1.54) is 13.8 Å². The summed E-state index contributed by atoms with van der Waals surface area (Å²) >= 11 is 0. The lowest BCUT2D eigenvalue weighted by Gasteiger charge is -2.47. The molecule has 4 N–H and O–H groups in total. The number of aromatic nitrogens is 1. The van der Waals surface area contributed by atoms with Gasteiger partial charge in [-0.15, -0.1) is 0 Å². The van der Waals surface area contributed by atoms with Gasteiger partial charge in [0.15, 0.2) is 9.84 Å². The summed E-state index contributed by atoms with van der Waals surface area (Å²) in [5.41, 5.74) is 1.52. The van der Waals surface area contributed by atoms with Crippen LogP contribution in [0.2, 0.25) is 0 Å². The summed E-state index contributed by atoms with van der Waals surface area (Å²) in [5, 5.41) is 21.7. The maximum atomic E-state index is 14.4. The minimum atomic E-state index is -3.89. The number of β-amino-alcohol motifs (C(OH)–C–C–N with tert-alkyl or cyclic N) is 1. The third-order valence-electron chi connectivity index (χ3n) is 11.2. The number of carbonyl (C=O) groups is 3. The number of aliphatic hydroxyl groups excluding tert-OH is 1. The number of benzene rings is 2. The van der Waals surface area contributed by atoms with Gasteiger partial charge in [0, 0.05) is 42.8 Å². The highest BCUT2D eigenvalue weighted by atomic mass is 32.2. The number of para-hydroxylation sites is 1. The summed E-state index contributed by atoms with van der Waals surface area (Å²) in [6.45, 7) is 9.50. The van der Waals surface area contributed by atoms with Crippen molar-refractivity contribution in [2.75, 3.05) is 19.3 Å². The SMILES string of the molecule is Cn1c(C(=O)N[C@H](C(=O)N[C@@H](Cc2ccccc2)[C@H](O)CN2C[C@H]3CCCC[C@H]3C[C@H]2C(=O)NC(C)(C)C)C(C)(C)S(C)(=O)=O)cc2ccccc21. The van der Waals surface area contributed by atoms with Gasteiger partial charge in [0.1, 0.15) is 11.7 Å². The van der Waals surface area contributed by atoms with Gasteiger partial charge in [-0.05, 0) is 83.4 Å². The molecule has 3 aromatic rings. The number of hydrogen-bond acceptors (Lipinski definition) is 7. The minimum absolute atomic E-state index is 0.0709. The van der Waals surface area contributed by atoms with Crippen molar-refractivity contribution in [2.24, 2.45) is 18.9 Å². The molecule has 6 atom stereocenters. The molecular formula is C40H57N5O6S. The summed E-state index contributed by atoms with van der Waals surface area (Å²) < 4.78 is 26.4. The number of hydrogen-bond donors (Lipinski definition) is 4. The second-order valence-corrected chi connectivity index (χ2v) is 19.1. The van der Waals surface area contributed by atoms with E-state index in [1.54, 1.807) is 17.7 Å². The highest BCUT2D eigenvalue weighted by molar-refractivity contribution is 7.92. The molecule has 1 aromatic heterocycles. The van der Waals surface area contributed by atoms with E-state index in [0.29, 0.717) is 24.8 Å². The van der Waals surface area contributed by atoms with E-state index in [4.69, 9.17) is 0 Å². The van der Waals surface area contributed by atoms with Crippen molar-refractivity contribution < 1.29 is 27.9 Å². The van der Waals surface area contributed by atoms with Crippen LogP contribution in [0.3, 0.4) is 0 Å². The van der Waals surface area contributed by atoms with Crippen LogP contribution in [0.5, 0.6) is 0 Å². The monoisotopic (exact) mass is 735 g/mol. The smallest absolute Gasteiger partial charge is 0.268 e. The number of likely N-dealkylation sites (tertiary alicyclic amines) is 1. The number of amides is 3. The van der Waals surface area contributed by atoms with Crippen LogP contribution in [-0.4, -0.2) is 94.6 Å². The molecular weight excluding hydrogens is 679 g/mol. The van der Waals surface area contributed by atoms with Crippen LogP contribution in [-0.2, 0) is 32.9 Å². The fraction of sp³-hybridized carbons (Fsp3) is 0.575. The lowest BCUT2D eigenvalue weighted by Crippen LogP contribution is -2.64. The normalized spacial score (nSPS) is 21.8. The highest BCUT2D eigenvalue weighted by Gasteiger charge is 2.46. The number of rotatable bonds is 12. The maximum Gasteiger partial charge on any atom is 0.268 e. The number of aliphatic hydroxyl groups is 1. The Balaban J connectivity index is 1.44. The molecule has 5 rings (SSSR count). The molecule has 284 valence electrons. The van der Waals surface area contributed by atoms with Crippen LogP contribution >= 0.6 is 0 Å². The van der Waals surface area contributed by atoms with Gasteiger partial charge in [-0.1, -0.05) is 67.8 Å². The third kappa shape index (κ3) is 9.06. The number of carbonyl (C=O) groups excluding carboxylic acids is 3. The van der Waals surface area contributed by atoms with Gasteiger partial charge in [0.2, 0.25) is 11.8 Å². The first-order valence-electron chi connectivity index (χ1n) is 18.5. The Morgan fingerprint density at radius 1 is 0.923 bits per heavy atom. The van der Waals surface area contributed by atoms with Gasteiger partial charge in [-0.25, -0.2) is 8.42 Å². The molecule has 2 heterocycles. The van der Waals surface area contributed by atoms with E-state index in [-0.39, 0.29) is 24.6 Å². The van der Waals surface area contributed by atoms with Gasteiger partial charge < -0.3 is 25.6 Å². The second kappa shape index (κ2) is 15.7. The lowest BCUT2D eigenvalue weighted by atomic mass is 9.72. The fourth-order valence-electron chi connectivity index (χ4n) is 7.89. The van der Waals surface area contributed by atoms with Crippen LogP contribution < -0.4 is 16.0 Å². The van der Waals surface area contributed by atoms with Crippen LogP contribution in [0, 0.1) is 11.8 Å². The Morgan fingerprint density at radius 3 is 2.19 bits per heavy atom. The van der Waals surface area contributed by atoms with Crippen molar-refractivity contribution in [1.82, 2.24) is 25.4 Å². The Kier molecular flexibility index (Phi) is 11.9. The van der Waals surface area contributed by atoms with E-state index in [2.05, 4.69) is 20.9 Å². The molecule has 0 spiro atoms. The largest absolute Gasteiger partial charge is 0.390 e. The van der Waals surface area contributed by atoms with Crippen LogP contribution in [0.4, 0.5) is 0 Å². The number of nitrogens with zero attached hydrogens (tertiary/aromatic N) is 2. The number of sulfone groups is 1. The zero-order valence-corrected chi connectivity index (χ0v) is 32.5. The predicted octanol–water partition coefficient (Wildman–Crippen LogP) is 3.98. The van der Waals surface area contributed by atoms with Crippen molar-refractivity contribution in [3.63, 3.8) is 0 Å². The van der Waals surface area contributed by atoms with Crippen molar-refractivity contribution in [1.29, 1.82) is 0 Å². The topological polar surface area (TPSA) is 150 Å². The fourth-order valence-corrected chi connectivity index (χ4v) is 8.49. The van der Waals surface area contributed by atoms with Crippen molar-refractivity contribution >= 4 is 38.5 Å². The van der Waals surface area contributed by atoms with E-state index in [0.717, 1.165) is 48.4 Å². The molecule has 52 heavy (non-hydrogen) atoms. The van der Waals surface area contributed by atoms with E-state index in [9.17, 15) is 27.9 Å². The number of nitrogens with one attached hydrogen (secondary N) is 3. The van der Waals surface area contributed by atoms with E-state index in [1.807, 2.05) is 75.4 Å². The third-order valence-corrected chi connectivity index (χ3v) is 13.3. The number of aryl methyl sites for hydroxylation is 1. The number of piperidine rings is 1. The summed E-state index contributed by atoms with van der Waals surface area (Å²) in [5.74, 6) is -0.527. The van der Waals surface area contributed by atoms with Crippen molar-refractivity contribution in [3.05, 3.63) is 71.9 Å². The van der Waals surface area contributed by atoms with E-state index < -0.39 is 56.2 Å². The van der Waals surface area contributed by atoms with Gasteiger partial charge in [-0.2, -0.15) is 0 Å². The van der Waals surface area contributed by atoms with Gasteiger partial charge in [0.25, 0.3) is 5.91 Å². The van der Waals surface area contributed by atoms with Crippen molar-refractivity contribution in [3.8, 4) is 0 Å². The summed E-state index contributed by atoms with van der Waals surface area (Å²) in [7, 11) is -2.15. The zero-order valence-electron chi connectivity index (χ0n) is 31.7. The van der Waals surface area contributed by atoms with Crippen LogP contribution in [0.1, 0.15) is 82.8 Å². The minimum Gasteiger partial charge on any atom is -0.390 e. The van der Waals surface area contributed by atoms with Gasteiger partial charge in [0.05, 0.1) is 22.9 Å². The summed E-state index contributed by atoms with van der Waals surface area (Å²) in [4.78, 5) is 44.0. The predicted molar refractivity (Wildman–Crippen MR) is 205 cm³/mol. The van der Waals surface area contributed by atoms with Crippen LogP contribution in [0.15, 0.2) is 60.7 Å². The summed E-state index contributed by atoms with van der Waals surface area (Å²) in [6, 6.07) is 15.8.